The number of nitrogens with zero attached hydrogens (tertiary/aromatic N) is 2. The number of nitrogens with two attached hydrogens (primary N) is 1. The second kappa shape index (κ2) is 5.34. The van der Waals surface area contributed by atoms with Gasteiger partial charge in [0.2, 0.25) is 0 Å². The SMILES string of the molecule is NC(=S)C1CN(Cc2cccnc2)CCO1. The lowest BCUT2D eigenvalue weighted by Gasteiger charge is -2.32. The number of hydrogen-bond acceptors (Lipinski definition) is 4. The fraction of sp³-hybridized carbons (Fsp3) is 0.455. The Balaban J connectivity index is 1.93. The van der Waals surface area contributed by atoms with Gasteiger partial charge in [-0.25, -0.2) is 0 Å². The smallest absolute Gasteiger partial charge is 0.120 e. The molecule has 2 heterocycles. The molecule has 1 aromatic rings. The van der Waals surface area contributed by atoms with Crippen LogP contribution in [0.3, 0.4) is 0 Å². The lowest BCUT2D eigenvalue weighted by Crippen LogP contribution is -2.47. The molecule has 0 aliphatic carbocycles. The van der Waals surface area contributed by atoms with Crippen molar-refractivity contribution in [1.82, 2.24) is 9.88 Å². The van der Waals surface area contributed by atoms with Gasteiger partial charge in [0.05, 0.1) is 6.61 Å². The molecule has 1 aromatic heterocycles. The normalized spacial score (nSPS) is 21.9. The Morgan fingerprint density at radius 2 is 2.56 bits per heavy atom. The van der Waals surface area contributed by atoms with Crippen molar-refractivity contribution in [3.05, 3.63) is 30.1 Å². The van der Waals surface area contributed by atoms with Crippen molar-refractivity contribution in [2.24, 2.45) is 5.73 Å². The van der Waals surface area contributed by atoms with Crippen LogP contribution in [0.15, 0.2) is 24.5 Å². The summed E-state index contributed by atoms with van der Waals surface area (Å²) >= 11 is 4.95. The second-order valence-electron chi connectivity index (χ2n) is 3.86. The third-order valence-electron chi connectivity index (χ3n) is 2.60. The highest BCUT2D eigenvalue weighted by Crippen LogP contribution is 2.09. The summed E-state index contributed by atoms with van der Waals surface area (Å²) in [7, 11) is 0. The summed E-state index contributed by atoms with van der Waals surface area (Å²) in [5.74, 6) is 0. The predicted octanol–water partition coefficient (Wildman–Crippen LogP) is 0.569. The summed E-state index contributed by atoms with van der Waals surface area (Å²) in [6.07, 6.45) is 3.55. The molecule has 0 saturated carbocycles. The van der Waals surface area contributed by atoms with Gasteiger partial charge in [-0.15, -0.1) is 0 Å². The summed E-state index contributed by atoms with van der Waals surface area (Å²) in [5, 5.41) is 0. The fourth-order valence-electron chi connectivity index (χ4n) is 1.77. The Morgan fingerprint density at radius 1 is 1.69 bits per heavy atom. The van der Waals surface area contributed by atoms with Crippen LogP contribution in [0.1, 0.15) is 5.56 Å². The maximum atomic E-state index is 5.59. The van der Waals surface area contributed by atoms with E-state index in [2.05, 4.69) is 16.0 Å². The first-order valence-electron chi connectivity index (χ1n) is 5.28. The zero-order chi connectivity index (χ0) is 11.4. The number of ether oxygens (including phenoxy) is 1. The third-order valence-corrected chi connectivity index (χ3v) is 2.86. The first-order chi connectivity index (χ1) is 7.75. The molecule has 1 fully saturated rings. The molecule has 0 amide bonds. The molecule has 86 valence electrons. The van der Waals surface area contributed by atoms with E-state index in [4.69, 9.17) is 22.7 Å². The highest BCUT2D eigenvalue weighted by atomic mass is 32.1. The predicted molar refractivity (Wildman–Crippen MR) is 66.0 cm³/mol. The van der Waals surface area contributed by atoms with Crippen LogP contribution in [0.2, 0.25) is 0 Å². The van der Waals surface area contributed by atoms with Gasteiger partial charge in [0.1, 0.15) is 11.1 Å². The van der Waals surface area contributed by atoms with Crippen molar-refractivity contribution in [2.75, 3.05) is 19.7 Å². The van der Waals surface area contributed by atoms with Gasteiger partial charge in [0.15, 0.2) is 0 Å². The van der Waals surface area contributed by atoms with Crippen LogP contribution < -0.4 is 5.73 Å². The van der Waals surface area contributed by atoms with Gasteiger partial charge in [0, 0.05) is 32.0 Å². The van der Waals surface area contributed by atoms with E-state index in [0.29, 0.717) is 11.6 Å². The molecule has 0 radical (unpaired) electrons. The third kappa shape index (κ3) is 2.98. The van der Waals surface area contributed by atoms with Crippen molar-refractivity contribution in [1.29, 1.82) is 0 Å². The Kier molecular flexibility index (Phi) is 3.82. The van der Waals surface area contributed by atoms with E-state index in [9.17, 15) is 0 Å². The molecule has 2 N–H and O–H groups in total. The molecule has 4 nitrogen and oxygen atoms in total. The number of morpholine rings is 1. The summed E-state index contributed by atoms with van der Waals surface area (Å²) in [6.45, 7) is 3.23. The molecule has 1 atom stereocenters. The monoisotopic (exact) mass is 237 g/mol. The minimum atomic E-state index is -0.111. The van der Waals surface area contributed by atoms with Crippen molar-refractivity contribution in [2.45, 2.75) is 12.6 Å². The van der Waals surface area contributed by atoms with E-state index in [1.807, 2.05) is 12.3 Å². The molecular formula is C11H15N3OS. The van der Waals surface area contributed by atoms with Crippen LogP contribution in [-0.2, 0) is 11.3 Å². The highest BCUT2D eigenvalue weighted by molar-refractivity contribution is 7.80. The van der Waals surface area contributed by atoms with Gasteiger partial charge in [-0.1, -0.05) is 18.3 Å². The fourth-order valence-corrected chi connectivity index (χ4v) is 1.91. The molecule has 0 spiro atoms. The molecular weight excluding hydrogens is 222 g/mol. The lowest BCUT2D eigenvalue weighted by atomic mass is 10.2. The number of rotatable bonds is 3. The van der Waals surface area contributed by atoms with E-state index in [0.717, 1.165) is 19.6 Å². The van der Waals surface area contributed by atoms with E-state index >= 15 is 0 Å². The number of pyridine rings is 1. The molecule has 0 aromatic carbocycles. The van der Waals surface area contributed by atoms with E-state index < -0.39 is 0 Å². The highest BCUT2D eigenvalue weighted by Gasteiger charge is 2.22. The zero-order valence-electron chi connectivity index (χ0n) is 9.00. The lowest BCUT2D eigenvalue weighted by molar-refractivity contribution is 0.00387. The van der Waals surface area contributed by atoms with Gasteiger partial charge in [0.25, 0.3) is 0 Å². The minimum Gasteiger partial charge on any atom is -0.391 e. The van der Waals surface area contributed by atoms with Gasteiger partial charge in [-0.05, 0) is 11.6 Å². The molecule has 1 aliphatic rings. The van der Waals surface area contributed by atoms with Crippen LogP contribution in [0.25, 0.3) is 0 Å². The van der Waals surface area contributed by atoms with Crippen molar-refractivity contribution in [3.63, 3.8) is 0 Å². The molecule has 1 unspecified atom stereocenters. The number of hydrogen-bond donors (Lipinski definition) is 1. The molecule has 0 bridgehead atoms. The van der Waals surface area contributed by atoms with Crippen LogP contribution in [0, 0.1) is 0 Å². The zero-order valence-corrected chi connectivity index (χ0v) is 9.82. The first-order valence-corrected chi connectivity index (χ1v) is 5.68. The number of thiocarbonyl (C=S) groups is 1. The van der Waals surface area contributed by atoms with Gasteiger partial charge in [-0.3, -0.25) is 9.88 Å². The van der Waals surface area contributed by atoms with Crippen LogP contribution in [0.5, 0.6) is 0 Å². The summed E-state index contributed by atoms with van der Waals surface area (Å²) in [4.78, 5) is 6.82. The Bertz CT molecular complexity index is 358. The number of aromatic nitrogens is 1. The molecule has 1 aliphatic heterocycles. The van der Waals surface area contributed by atoms with Crippen LogP contribution in [0.4, 0.5) is 0 Å². The molecule has 16 heavy (non-hydrogen) atoms. The average Bonchev–Trinajstić information content (AvgIpc) is 2.30. The van der Waals surface area contributed by atoms with Crippen molar-refractivity contribution in [3.8, 4) is 0 Å². The van der Waals surface area contributed by atoms with Gasteiger partial charge >= 0.3 is 0 Å². The second-order valence-corrected chi connectivity index (χ2v) is 4.33. The molecule has 1 saturated heterocycles. The molecule has 5 heteroatoms. The van der Waals surface area contributed by atoms with Crippen molar-refractivity contribution >= 4 is 17.2 Å². The first kappa shape index (κ1) is 11.4. The van der Waals surface area contributed by atoms with E-state index in [-0.39, 0.29) is 6.10 Å². The largest absolute Gasteiger partial charge is 0.391 e. The molecule has 2 rings (SSSR count). The summed E-state index contributed by atoms with van der Waals surface area (Å²) in [6, 6.07) is 4.01. The van der Waals surface area contributed by atoms with Crippen molar-refractivity contribution < 1.29 is 4.74 Å². The van der Waals surface area contributed by atoms with E-state index in [1.165, 1.54) is 5.56 Å². The van der Waals surface area contributed by atoms with Gasteiger partial charge in [-0.2, -0.15) is 0 Å². The van der Waals surface area contributed by atoms with Crippen LogP contribution in [-0.4, -0.2) is 40.7 Å². The summed E-state index contributed by atoms with van der Waals surface area (Å²) in [5.41, 5.74) is 6.79. The Hall–Kier alpha value is -1.04. The average molecular weight is 237 g/mol. The van der Waals surface area contributed by atoms with E-state index in [1.54, 1.807) is 6.20 Å². The topological polar surface area (TPSA) is 51.4 Å². The Morgan fingerprint density at radius 3 is 3.25 bits per heavy atom. The minimum absolute atomic E-state index is 0.111. The van der Waals surface area contributed by atoms with Gasteiger partial charge < -0.3 is 10.5 Å². The maximum absolute atomic E-state index is 5.59. The standard InChI is InChI=1S/C11H15N3OS/c12-11(16)10-8-14(4-5-15-10)7-9-2-1-3-13-6-9/h1-3,6,10H,4-5,7-8H2,(H2,12,16). The maximum Gasteiger partial charge on any atom is 0.120 e. The quantitative estimate of drug-likeness (QED) is 0.779. The Labute approximate surface area is 100 Å². The van der Waals surface area contributed by atoms with Crippen LogP contribution >= 0.6 is 12.2 Å². The summed E-state index contributed by atoms with van der Waals surface area (Å²) < 4.78 is 5.48.